The normalized spacial score (nSPS) is 14.2. The first-order chi connectivity index (χ1) is 15.3. The van der Waals surface area contributed by atoms with Gasteiger partial charge in [0.2, 0.25) is 0 Å². The predicted molar refractivity (Wildman–Crippen MR) is 121 cm³/mol. The Hall–Kier alpha value is -3.29. The van der Waals surface area contributed by atoms with Crippen LogP contribution in [0.15, 0.2) is 66.7 Å². The lowest BCUT2D eigenvalue weighted by molar-refractivity contribution is 0.0383. The number of hydrogen-bond acceptors (Lipinski definition) is 6. The number of nitrogens with one attached hydrogen (secondary N) is 2. The lowest BCUT2D eigenvalue weighted by Crippen LogP contribution is -2.41. The van der Waals surface area contributed by atoms with E-state index < -0.39 is 0 Å². The molecule has 0 saturated carbocycles. The fraction of sp³-hybridized carbons (Fsp3) is 0.292. The molecule has 2 aromatic carbocycles. The van der Waals surface area contributed by atoms with Crippen LogP contribution in [0.4, 0.5) is 5.82 Å². The van der Waals surface area contributed by atoms with Gasteiger partial charge in [-0.2, -0.15) is 0 Å². The van der Waals surface area contributed by atoms with E-state index in [1.807, 2.05) is 54.6 Å². The number of aromatic nitrogens is 2. The van der Waals surface area contributed by atoms with Crippen LogP contribution in [-0.4, -0.2) is 60.4 Å². The molecule has 4 rings (SSSR count). The Morgan fingerprint density at radius 1 is 0.968 bits per heavy atom. The number of ether oxygens (including phenoxy) is 1. The van der Waals surface area contributed by atoms with Gasteiger partial charge in [-0.1, -0.05) is 42.5 Å². The number of morpholine rings is 1. The van der Waals surface area contributed by atoms with Crippen molar-refractivity contribution in [3.63, 3.8) is 0 Å². The monoisotopic (exact) mass is 417 g/mol. The molecule has 7 nitrogen and oxygen atoms in total. The van der Waals surface area contributed by atoms with Gasteiger partial charge in [0, 0.05) is 43.9 Å². The third-order valence-electron chi connectivity index (χ3n) is 5.22. The van der Waals surface area contributed by atoms with E-state index in [4.69, 9.17) is 4.74 Å². The molecular weight excluding hydrogens is 390 g/mol. The van der Waals surface area contributed by atoms with Gasteiger partial charge >= 0.3 is 0 Å². The van der Waals surface area contributed by atoms with Gasteiger partial charge in [-0.15, -0.1) is 10.2 Å². The molecule has 1 aromatic heterocycles. The second kappa shape index (κ2) is 10.7. The third-order valence-corrected chi connectivity index (χ3v) is 5.22. The summed E-state index contributed by atoms with van der Waals surface area (Å²) < 4.78 is 5.35. The van der Waals surface area contributed by atoms with Crippen molar-refractivity contribution in [3.8, 4) is 11.3 Å². The molecule has 1 saturated heterocycles. The van der Waals surface area contributed by atoms with Gasteiger partial charge in [-0.25, -0.2) is 0 Å². The number of amides is 1. The highest BCUT2D eigenvalue weighted by Gasteiger charge is 2.12. The van der Waals surface area contributed by atoms with Crippen LogP contribution in [0.1, 0.15) is 15.9 Å². The van der Waals surface area contributed by atoms with Gasteiger partial charge in [0.1, 0.15) is 5.82 Å². The van der Waals surface area contributed by atoms with Crippen LogP contribution in [0.3, 0.4) is 0 Å². The summed E-state index contributed by atoms with van der Waals surface area (Å²) in [4.78, 5) is 14.8. The summed E-state index contributed by atoms with van der Waals surface area (Å²) >= 11 is 0. The highest BCUT2D eigenvalue weighted by molar-refractivity contribution is 5.95. The number of nitrogens with zero attached hydrogens (tertiary/aromatic N) is 3. The maximum absolute atomic E-state index is 12.5. The van der Waals surface area contributed by atoms with E-state index in [1.54, 1.807) is 0 Å². The fourth-order valence-electron chi connectivity index (χ4n) is 3.44. The van der Waals surface area contributed by atoms with Gasteiger partial charge < -0.3 is 15.4 Å². The van der Waals surface area contributed by atoms with E-state index in [9.17, 15) is 4.79 Å². The molecule has 1 aliphatic heterocycles. The molecule has 1 amide bonds. The molecule has 0 spiro atoms. The van der Waals surface area contributed by atoms with Crippen molar-refractivity contribution in [3.05, 3.63) is 77.9 Å². The number of hydrogen-bond donors (Lipinski definition) is 2. The Morgan fingerprint density at radius 3 is 2.58 bits per heavy atom. The number of anilines is 1. The molecular formula is C24H27N5O2. The van der Waals surface area contributed by atoms with Gasteiger partial charge in [0.05, 0.1) is 18.9 Å². The fourth-order valence-corrected chi connectivity index (χ4v) is 3.44. The molecule has 3 aromatic rings. The van der Waals surface area contributed by atoms with Crippen LogP contribution in [0, 0.1) is 0 Å². The standard InChI is InChI=1S/C24H27N5O2/c30-24(25-11-12-29-13-15-31-16-14-29)21-8-4-7-20(17-21)22-9-10-23(28-27-22)26-18-19-5-2-1-3-6-19/h1-10,17H,11-16,18H2,(H,25,30)(H,26,28). The summed E-state index contributed by atoms with van der Waals surface area (Å²) in [6.45, 7) is 5.49. The van der Waals surface area contributed by atoms with Crippen LogP contribution in [0.25, 0.3) is 11.3 Å². The average Bonchev–Trinajstić information content (AvgIpc) is 2.84. The molecule has 2 heterocycles. The summed E-state index contributed by atoms with van der Waals surface area (Å²) in [5.41, 5.74) is 3.39. The molecule has 1 aliphatic rings. The quantitative estimate of drug-likeness (QED) is 0.587. The molecule has 31 heavy (non-hydrogen) atoms. The Morgan fingerprint density at radius 2 is 1.81 bits per heavy atom. The number of carbonyl (C=O) groups is 1. The van der Waals surface area contributed by atoms with Crippen molar-refractivity contribution in [1.29, 1.82) is 0 Å². The topological polar surface area (TPSA) is 79.4 Å². The van der Waals surface area contributed by atoms with Crippen LogP contribution in [-0.2, 0) is 11.3 Å². The smallest absolute Gasteiger partial charge is 0.251 e. The summed E-state index contributed by atoms with van der Waals surface area (Å²) in [6.07, 6.45) is 0. The Labute approximate surface area is 182 Å². The Kier molecular flexibility index (Phi) is 7.20. The molecule has 0 aliphatic carbocycles. The van der Waals surface area contributed by atoms with Crippen molar-refractivity contribution in [2.75, 3.05) is 44.7 Å². The maximum atomic E-state index is 12.5. The molecule has 0 radical (unpaired) electrons. The molecule has 0 bridgehead atoms. The SMILES string of the molecule is O=C(NCCN1CCOCC1)c1cccc(-c2ccc(NCc3ccccc3)nn2)c1. The highest BCUT2D eigenvalue weighted by Crippen LogP contribution is 2.19. The third kappa shape index (κ3) is 6.10. The first kappa shape index (κ1) is 21.0. The van der Waals surface area contributed by atoms with E-state index in [1.165, 1.54) is 5.56 Å². The second-order valence-electron chi connectivity index (χ2n) is 7.43. The molecule has 160 valence electrons. The molecule has 7 heteroatoms. The van der Waals surface area contributed by atoms with Crippen LogP contribution in [0.2, 0.25) is 0 Å². The van der Waals surface area contributed by atoms with E-state index in [0.717, 1.165) is 44.1 Å². The number of carbonyl (C=O) groups excluding carboxylic acids is 1. The summed E-state index contributed by atoms with van der Waals surface area (Å²) in [5, 5.41) is 14.9. The first-order valence-corrected chi connectivity index (χ1v) is 10.6. The zero-order valence-electron chi connectivity index (χ0n) is 17.5. The zero-order valence-corrected chi connectivity index (χ0v) is 17.5. The van der Waals surface area contributed by atoms with Crippen molar-refractivity contribution >= 4 is 11.7 Å². The van der Waals surface area contributed by atoms with Crippen molar-refractivity contribution in [1.82, 2.24) is 20.4 Å². The zero-order chi connectivity index (χ0) is 21.3. The van der Waals surface area contributed by atoms with Gasteiger partial charge in [-0.05, 0) is 29.8 Å². The summed E-state index contributed by atoms with van der Waals surface area (Å²) in [7, 11) is 0. The summed E-state index contributed by atoms with van der Waals surface area (Å²) in [6, 6.07) is 21.4. The van der Waals surface area contributed by atoms with Gasteiger partial charge in [0.25, 0.3) is 5.91 Å². The van der Waals surface area contributed by atoms with Crippen LogP contribution < -0.4 is 10.6 Å². The van der Waals surface area contributed by atoms with E-state index in [0.29, 0.717) is 24.5 Å². The molecule has 0 unspecified atom stereocenters. The highest BCUT2D eigenvalue weighted by atomic mass is 16.5. The van der Waals surface area contributed by atoms with Gasteiger partial charge in [0.15, 0.2) is 0 Å². The minimum atomic E-state index is -0.0794. The first-order valence-electron chi connectivity index (χ1n) is 10.6. The largest absolute Gasteiger partial charge is 0.379 e. The van der Waals surface area contributed by atoms with Gasteiger partial charge in [-0.3, -0.25) is 9.69 Å². The number of rotatable bonds is 8. The van der Waals surface area contributed by atoms with E-state index >= 15 is 0 Å². The lowest BCUT2D eigenvalue weighted by Gasteiger charge is -2.26. The minimum Gasteiger partial charge on any atom is -0.379 e. The van der Waals surface area contributed by atoms with E-state index in [-0.39, 0.29) is 5.91 Å². The molecule has 0 atom stereocenters. The lowest BCUT2D eigenvalue weighted by atomic mass is 10.1. The van der Waals surface area contributed by atoms with E-state index in [2.05, 4.69) is 37.9 Å². The molecule has 2 N–H and O–H groups in total. The van der Waals surface area contributed by atoms with Crippen LogP contribution >= 0.6 is 0 Å². The number of benzene rings is 2. The maximum Gasteiger partial charge on any atom is 0.251 e. The Balaban J connectivity index is 1.32. The predicted octanol–water partition coefficient (Wildman–Crippen LogP) is 2.82. The van der Waals surface area contributed by atoms with Crippen molar-refractivity contribution in [2.24, 2.45) is 0 Å². The Bertz CT molecular complexity index is 973. The van der Waals surface area contributed by atoms with Crippen molar-refractivity contribution < 1.29 is 9.53 Å². The van der Waals surface area contributed by atoms with Crippen molar-refractivity contribution in [2.45, 2.75) is 6.54 Å². The average molecular weight is 418 g/mol. The summed E-state index contributed by atoms with van der Waals surface area (Å²) in [5.74, 6) is 0.633. The second-order valence-corrected chi connectivity index (χ2v) is 7.43. The van der Waals surface area contributed by atoms with Crippen LogP contribution in [0.5, 0.6) is 0 Å². The minimum absolute atomic E-state index is 0.0794. The molecule has 1 fully saturated rings.